The molecule has 2 aromatic rings. The van der Waals surface area contributed by atoms with Crippen LogP contribution in [-0.2, 0) is 0 Å². The zero-order chi connectivity index (χ0) is 9.26. The minimum Gasteiger partial charge on any atom is -0.142 e. The maximum atomic E-state index is 3.11. The lowest BCUT2D eigenvalue weighted by atomic mass is 10.0. The van der Waals surface area contributed by atoms with Crippen LogP contribution < -0.4 is 0 Å². The zero-order valence-electron chi connectivity index (χ0n) is 7.79. The fourth-order valence-corrected chi connectivity index (χ4v) is 2.12. The van der Waals surface area contributed by atoms with Gasteiger partial charge in [0, 0.05) is 5.38 Å². The maximum absolute atomic E-state index is 3.11. The van der Waals surface area contributed by atoms with Gasteiger partial charge in [-0.3, -0.25) is 0 Å². The van der Waals surface area contributed by atoms with Crippen LogP contribution in [-0.4, -0.2) is 0 Å². The number of rotatable bonds is 1. The van der Waals surface area contributed by atoms with Crippen LogP contribution in [0.25, 0.3) is 11.1 Å². The average molecular weight is 187 g/mol. The Morgan fingerprint density at radius 1 is 1.00 bits per heavy atom. The van der Waals surface area contributed by atoms with E-state index in [1.165, 1.54) is 22.3 Å². The van der Waals surface area contributed by atoms with Crippen LogP contribution in [0.1, 0.15) is 11.1 Å². The van der Waals surface area contributed by atoms with Crippen LogP contribution in [0, 0.1) is 19.2 Å². The number of hydrogen-bond acceptors (Lipinski definition) is 1. The summed E-state index contributed by atoms with van der Waals surface area (Å²) in [5.74, 6) is 0. The molecule has 0 fully saturated rings. The van der Waals surface area contributed by atoms with Crippen LogP contribution in [0.5, 0.6) is 0 Å². The minimum absolute atomic E-state index is 1.27. The topological polar surface area (TPSA) is 0 Å². The molecule has 1 aromatic carbocycles. The van der Waals surface area contributed by atoms with E-state index in [4.69, 9.17) is 0 Å². The highest BCUT2D eigenvalue weighted by Gasteiger charge is 1.99. The first-order valence-corrected chi connectivity index (χ1v) is 5.17. The SMILES string of the molecule is Cc1cc(C)cc(-c2c[c]sc2)c1. The Morgan fingerprint density at radius 2 is 1.69 bits per heavy atom. The molecule has 0 bridgehead atoms. The van der Waals surface area contributed by atoms with Gasteiger partial charge in [-0.15, -0.1) is 11.3 Å². The number of benzene rings is 1. The van der Waals surface area contributed by atoms with E-state index in [9.17, 15) is 0 Å². The molecule has 0 spiro atoms. The second-order valence-corrected chi connectivity index (χ2v) is 4.04. The molecule has 1 heteroatoms. The lowest BCUT2D eigenvalue weighted by molar-refractivity contribution is 1.39. The van der Waals surface area contributed by atoms with E-state index in [2.05, 4.69) is 42.8 Å². The van der Waals surface area contributed by atoms with Gasteiger partial charge in [-0.2, -0.15) is 0 Å². The molecular weight excluding hydrogens is 176 g/mol. The van der Waals surface area contributed by atoms with Crippen molar-refractivity contribution in [3.8, 4) is 11.1 Å². The summed E-state index contributed by atoms with van der Waals surface area (Å²) in [5.41, 5.74) is 5.22. The molecular formula is C12H11S. The molecule has 65 valence electrons. The highest BCUT2D eigenvalue weighted by atomic mass is 32.1. The summed E-state index contributed by atoms with van der Waals surface area (Å²) in [7, 11) is 0. The van der Waals surface area contributed by atoms with Gasteiger partial charge in [0.25, 0.3) is 0 Å². The lowest BCUT2D eigenvalue weighted by Gasteiger charge is -2.02. The fraction of sp³-hybridized carbons (Fsp3) is 0.167. The van der Waals surface area contributed by atoms with Gasteiger partial charge in [-0.25, -0.2) is 0 Å². The lowest BCUT2D eigenvalue weighted by Crippen LogP contribution is -1.80. The van der Waals surface area contributed by atoms with Gasteiger partial charge in [0.05, 0.1) is 0 Å². The zero-order valence-corrected chi connectivity index (χ0v) is 8.61. The Hall–Kier alpha value is -1.08. The van der Waals surface area contributed by atoms with Crippen LogP contribution in [0.2, 0.25) is 0 Å². The van der Waals surface area contributed by atoms with E-state index in [1.54, 1.807) is 11.3 Å². The predicted octanol–water partition coefficient (Wildman–Crippen LogP) is 3.83. The van der Waals surface area contributed by atoms with Gasteiger partial charge in [0.1, 0.15) is 0 Å². The Balaban J connectivity index is 2.53. The highest BCUT2D eigenvalue weighted by Crippen LogP contribution is 2.23. The normalized spacial score (nSPS) is 10.3. The molecule has 0 unspecified atom stereocenters. The van der Waals surface area contributed by atoms with E-state index in [0.29, 0.717) is 0 Å². The van der Waals surface area contributed by atoms with Gasteiger partial charge in [0.2, 0.25) is 0 Å². The number of aryl methyl sites for hydroxylation is 2. The molecule has 0 N–H and O–H groups in total. The second-order valence-electron chi connectivity index (χ2n) is 3.33. The van der Waals surface area contributed by atoms with Gasteiger partial charge in [-0.05, 0) is 36.4 Å². The molecule has 1 aromatic heterocycles. The Kier molecular flexibility index (Phi) is 2.19. The molecule has 2 rings (SSSR count). The van der Waals surface area contributed by atoms with Crippen molar-refractivity contribution in [1.82, 2.24) is 0 Å². The van der Waals surface area contributed by atoms with E-state index in [0.717, 1.165) is 0 Å². The van der Waals surface area contributed by atoms with Gasteiger partial charge in [-0.1, -0.05) is 29.3 Å². The third-order valence-electron chi connectivity index (χ3n) is 2.02. The molecule has 0 amide bonds. The van der Waals surface area contributed by atoms with Gasteiger partial charge < -0.3 is 0 Å². The summed E-state index contributed by atoms with van der Waals surface area (Å²) in [4.78, 5) is 0. The standard InChI is InChI=1S/C12H11S/c1-9-5-10(2)7-12(6-9)11-3-4-13-8-11/h3,5-8H,1-2H3. The Morgan fingerprint density at radius 3 is 2.23 bits per heavy atom. The van der Waals surface area contributed by atoms with E-state index >= 15 is 0 Å². The van der Waals surface area contributed by atoms with Crippen molar-refractivity contribution >= 4 is 11.3 Å². The molecule has 13 heavy (non-hydrogen) atoms. The van der Waals surface area contributed by atoms with E-state index in [1.807, 2.05) is 6.07 Å². The first-order valence-electron chi connectivity index (χ1n) is 4.29. The van der Waals surface area contributed by atoms with Crippen molar-refractivity contribution in [2.24, 2.45) is 0 Å². The van der Waals surface area contributed by atoms with Crippen molar-refractivity contribution in [1.29, 1.82) is 0 Å². The summed E-state index contributed by atoms with van der Waals surface area (Å²) < 4.78 is 0. The second kappa shape index (κ2) is 3.35. The molecule has 0 aliphatic heterocycles. The van der Waals surface area contributed by atoms with Crippen molar-refractivity contribution in [2.45, 2.75) is 13.8 Å². The molecule has 0 saturated carbocycles. The third-order valence-corrected chi connectivity index (χ3v) is 2.65. The monoisotopic (exact) mass is 187 g/mol. The Bertz CT molecular complexity index is 379. The van der Waals surface area contributed by atoms with Crippen LogP contribution in [0.4, 0.5) is 0 Å². The van der Waals surface area contributed by atoms with E-state index in [-0.39, 0.29) is 0 Å². The quantitative estimate of drug-likeness (QED) is 0.636. The van der Waals surface area contributed by atoms with Gasteiger partial charge >= 0.3 is 0 Å². The van der Waals surface area contributed by atoms with Crippen LogP contribution >= 0.6 is 11.3 Å². The molecule has 1 heterocycles. The predicted molar refractivity (Wildman–Crippen MR) is 58.1 cm³/mol. The first-order chi connectivity index (χ1) is 6.25. The first kappa shape index (κ1) is 8.52. The Labute approximate surface area is 82.9 Å². The van der Waals surface area contributed by atoms with Crippen molar-refractivity contribution in [3.63, 3.8) is 0 Å². The smallest absolute Gasteiger partial charge is 0.0449 e. The van der Waals surface area contributed by atoms with Gasteiger partial charge in [0.15, 0.2) is 0 Å². The summed E-state index contributed by atoms with van der Waals surface area (Å²) in [6, 6.07) is 8.66. The fourth-order valence-electron chi connectivity index (χ4n) is 1.52. The number of thiophene rings is 1. The van der Waals surface area contributed by atoms with Crippen LogP contribution in [0.15, 0.2) is 29.6 Å². The third kappa shape index (κ3) is 1.81. The van der Waals surface area contributed by atoms with Crippen molar-refractivity contribution in [2.75, 3.05) is 0 Å². The summed E-state index contributed by atoms with van der Waals surface area (Å²) >= 11 is 1.62. The summed E-state index contributed by atoms with van der Waals surface area (Å²) in [5, 5.41) is 5.24. The van der Waals surface area contributed by atoms with Crippen molar-refractivity contribution < 1.29 is 0 Å². The minimum atomic E-state index is 1.27. The maximum Gasteiger partial charge on any atom is 0.0449 e. The van der Waals surface area contributed by atoms with Crippen LogP contribution in [0.3, 0.4) is 0 Å². The van der Waals surface area contributed by atoms with E-state index < -0.39 is 0 Å². The summed E-state index contributed by atoms with van der Waals surface area (Å²) in [6.07, 6.45) is 0. The highest BCUT2D eigenvalue weighted by molar-refractivity contribution is 7.07. The molecule has 1 radical (unpaired) electrons. The molecule has 0 saturated heterocycles. The summed E-state index contributed by atoms with van der Waals surface area (Å²) in [6.45, 7) is 4.26. The largest absolute Gasteiger partial charge is 0.142 e. The molecule has 0 atom stereocenters. The molecule has 0 nitrogen and oxygen atoms in total. The average Bonchev–Trinajstić information content (AvgIpc) is 2.53. The molecule has 0 aliphatic carbocycles. The van der Waals surface area contributed by atoms with Crippen molar-refractivity contribution in [3.05, 3.63) is 46.2 Å². The number of hydrogen-bond donors (Lipinski definition) is 0. The molecule has 0 aliphatic rings.